The van der Waals surface area contributed by atoms with Crippen LogP contribution in [0.4, 0.5) is 10.1 Å². The van der Waals surface area contributed by atoms with Crippen LogP contribution < -0.4 is 9.62 Å². The first-order chi connectivity index (χ1) is 8.29. The van der Waals surface area contributed by atoms with Crippen molar-refractivity contribution >= 4 is 21.6 Å². The first kappa shape index (κ1) is 14.6. The van der Waals surface area contributed by atoms with E-state index in [-0.39, 0.29) is 19.0 Å². The van der Waals surface area contributed by atoms with E-state index in [9.17, 15) is 17.6 Å². The van der Waals surface area contributed by atoms with Crippen LogP contribution in [0.1, 0.15) is 6.92 Å². The van der Waals surface area contributed by atoms with Crippen LogP contribution >= 0.6 is 0 Å². The number of halogens is 1. The van der Waals surface area contributed by atoms with E-state index in [1.165, 1.54) is 30.0 Å². The van der Waals surface area contributed by atoms with Gasteiger partial charge in [0.2, 0.25) is 15.9 Å². The van der Waals surface area contributed by atoms with Gasteiger partial charge in [-0.15, -0.1) is 0 Å². The molecule has 0 fully saturated rings. The van der Waals surface area contributed by atoms with Crippen LogP contribution in [0.3, 0.4) is 0 Å². The minimum absolute atomic E-state index is 0.0783. The number of amides is 1. The van der Waals surface area contributed by atoms with Gasteiger partial charge in [0.1, 0.15) is 5.82 Å². The number of nitrogens with zero attached hydrogens (tertiary/aromatic N) is 1. The lowest BCUT2D eigenvalue weighted by Gasteiger charge is -2.21. The lowest BCUT2D eigenvalue weighted by atomic mass is 10.2. The molecule has 100 valence electrons. The van der Waals surface area contributed by atoms with Gasteiger partial charge >= 0.3 is 0 Å². The van der Waals surface area contributed by atoms with E-state index in [0.717, 1.165) is 6.26 Å². The third-order valence-electron chi connectivity index (χ3n) is 2.20. The zero-order chi connectivity index (χ0) is 13.8. The van der Waals surface area contributed by atoms with Crippen LogP contribution in [0, 0.1) is 5.82 Å². The summed E-state index contributed by atoms with van der Waals surface area (Å²) in [5, 5.41) is 0. The van der Waals surface area contributed by atoms with Crippen molar-refractivity contribution < 1.29 is 17.6 Å². The molecule has 18 heavy (non-hydrogen) atoms. The predicted octanol–water partition coefficient (Wildman–Crippen LogP) is 0.728. The molecule has 0 atom stereocenters. The molecular weight excluding hydrogens is 259 g/mol. The van der Waals surface area contributed by atoms with Gasteiger partial charge in [0, 0.05) is 25.7 Å². The summed E-state index contributed by atoms with van der Waals surface area (Å²) in [4.78, 5) is 12.7. The van der Waals surface area contributed by atoms with Gasteiger partial charge in [0.25, 0.3) is 0 Å². The molecule has 1 amide bonds. The lowest BCUT2D eigenvalue weighted by Crippen LogP contribution is -2.37. The molecule has 0 aliphatic carbocycles. The maximum atomic E-state index is 13.1. The van der Waals surface area contributed by atoms with E-state index in [1.54, 1.807) is 6.07 Å². The SMILES string of the molecule is CC(=O)N(CCNS(C)(=O)=O)c1cccc(F)c1. The van der Waals surface area contributed by atoms with Gasteiger partial charge in [-0.1, -0.05) is 6.07 Å². The molecule has 1 aromatic rings. The highest BCUT2D eigenvalue weighted by molar-refractivity contribution is 7.88. The number of rotatable bonds is 5. The van der Waals surface area contributed by atoms with E-state index in [2.05, 4.69) is 4.72 Å². The number of benzene rings is 1. The zero-order valence-electron chi connectivity index (χ0n) is 10.2. The number of carbonyl (C=O) groups is 1. The molecule has 0 heterocycles. The van der Waals surface area contributed by atoms with Crippen molar-refractivity contribution in [3.8, 4) is 0 Å². The standard InChI is InChI=1S/C11H15FN2O3S/c1-9(15)14(7-6-13-18(2,16)17)11-5-3-4-10(12)8-11/h3-5,8,13H,6-7H2,1-2H3. The first-order valence-electron chi connectivity index (χ1n) is 5.28. The monoisotopic (exact) mass is 274 g/mol. The molecule has 0 saturated heterocycles. The third-order valence-corrected chi connectivity index (χ3v) is 2.93. The average molecular weight is 274 g/mol. The van der Waals surface area contributed by atoms with E-state index in [1.807, 2.05) is 0 Å². The van der Waals surface area contributed by atoms with Crippen LogP contribution in [0.5, 0.6) is 0 Å². The van der Waals surface area contributed by atoms with E-state index in [4.69, 9.17) is 0 Å². The summed E-state index contributed by atoms with van der Waals surface area (Å²) in [5.41, 5.74) is 0.401. The largest absolute Gasteiger partial charge is 0.311 e. The number of carbonyl (C=O) groups excluding carboxylic acids is 1. The number of hydrogen-bond donors (Lipinski definition) is 1. The molecule has 0 unspecified atom stereocenters. The topological polar surface area (TPSA) is 66.5 Å². The Morgan fingerprint density at radius 2 is 2.11 bits per heavy atom. The molecule has 0 aliphatic heterocycles. The third kappa shape index (κ3) is 4.80. The highest BCUT2D eigenvalue weighted by atomic mass is 32.2. The summed E-state index contributed by atoms with van der Waals surface area (Å²) in [6, 6.07) is 5.58. The Balaban J connectivity index is 2.75. The van der Waals surface area contributed by atoms with Crippen molar-refractivity contribution in [2.75, 3.05) is 24.2 Å². The van der Waals surface area contributed by atoms with Crippen molar-refractivity contribution in [2.45, 2.75) is 6.92 Å². The molecule has 0 spiro atoms. The molecule has 0 radical (unpaired) electrons. The molecule has 0 aliphatic rings. The van der Waals surface area contributed by atoms with Crippen molar-refractivity contribution in [2.24, 2.45) is 0 Å². The minimum atomic E-state index is -3.30. The highest BCUT2D eigenvalue weighted by Gasteiger charge is 2.12. The van der Waals surface area contributed by atoms with Crippen LogP contribution in [0.25, 0.3) is 0 Å². The fraction of sp³-hybridized carbons (Fsp3) is 0.364. The fourth-order valence-corrected chi connectivity index (χ4v) is 1.92. The molecular formula is C11H15FN2O3S. The normalized spacial score (nSPS) is 11.3. The number of hydrogen-bond acceptors (Lipinski definition) is 3. The molecule has 0 bridgehead atoms. The van der Waals surface area contributed by atoms with Gasteiger partial charge in [-0.3, -0.25) is 4.79 Å². The molecule has 5 nitrogen and oxygen atoms in total. The van der Waals surface area contributed by atoms with Crippen molar-refractivity contribution in [1.29, 1.82) is 0 Å². The van der Waals surface area contributed by atoms with Crippen LogP contribution in [-0.2, 0) is 14.8 Å². The molecule has 7 heteroatoms. The predicted molar refractivity (Wildman–Crippen MR) is 67.3 cm³/mol. The second kappa shape index (κ2) is 5.92. The average Bonchev–Trinajstić information content (AvgIpc) is 2.22. The summed E-state index contributed by atoms with van der Waals surface area (Å²) >= 11 is 0. The molecule has 1 N–H and O–H groups in total. The minimum Gasteiger partial charge on any atom is -0.311 e. The van der Waals surface area contributed by atoms with Gasteiger partial charge in [-0.2, -0.15) is 0 Å². The van der Waals surface area contributed by atoms with Gasteiger partial charge < -0.3 is 4.90 Å². The first-order valence-corrected chi connectivity index (χ1v) is 7.17. The number of nitrogens with one attached hydrogen (secondary N) is 1. The highest BCUT2D eigenvalue weighted by Crippen LogP contribution is 2.15. The fourth-order valence-electron chi connectivity index (χ4n) is 1.46. The van der Waals surface area contributed by atoms with Crippen LogP contribution in [0.2, 0.25) is 0 Å². The maximum Gasteiger partial charge on any atom is 0.223 e. The molecule has 1 rings (SSSR count). The molecule has 0 saturated carbocycles. The second-order valence-corrected chi connectivity index (χ2v) is 5.65. The number of sulfonamides is 1. The van der Waals surface area contributed by atoms with E-state index < -0.39 is 15.8 Å². The summed E-state index contributed by atoms with van der Waals surface area (Å²) in [6.45, 7) is 1.56. The van der Waals surface area contributed by atoms with Gasteiger partial charge in [0.05, 0.1) is 6.26 Å². The van der Waals surface area contributed by atoms with Gasteiger partial charge in [-0.25, -0.2) is 17.5 Å². The van der Waals surface area contributed by atoms with E-state index >= 15 is 0 Å². The van der Waals surface area contributed by atoms with E-state index in [0.29, 0.717) is 5.69 Å². The van der Waals surface area contributed by atoms with Gasteiger partial charge in [-0.05, 0) is 18.2 Å². The summed E-state index contributed by atoms with van der Waals surface area (Å²) in [6.07, 6.45) is 1.04. The maximum absolute atomic E-state index is 13.1. The van der Waals surface area contributed by atoms with Crippen LogP contribution in [0.15, 0.2) is 24.3 Å². The Morgan fingerprint density at radius 1 is 1.44 bits per heavy atom. The second-order valence-electron chi connectivity index (χ2n) is 3.82. The zero-order valence-corrected chi connectivity index (χ0v) is 11.0. The smallest absolute Gasteiger partial charge is 0.223 e. The lowest BCUT2D eigenvalue weighted by molar-refractivity contribution is -0.116. The summed E-state index contributed by atoms with van der Waals surface area (Å²) in [7, 11) is -3.30. The number of anilines is 1. The Morgan fingerprint density at radius 3 is 2.61 bits per heavy atom. The van der Waals surface area contributed by atoms with Crippen molar-refractivity contribution in [3.05, 3.63) is 30.1 Å². The Labute approximate surface area is 106 Å². The quantitative estimate of drug-likeness (QED) is 0.860. The Bertz CT molecular complexity index is 531. The molecule has 0 aromatic heterocycles. The summed E-state index contributed by atoms with van der Waals surface area (Å²) < 4.78 is 37.1. The van der Waals surface area contributed by atoms with Crippen molar-refractivity contribution in [1.82, 2.24) is 4.72 Å². The Hall–Kier alpha value is -1.47. The molecule has 1 aromatic carbocycles. The van der Waals surface area contributed by atoms with Gasteiger partial charge in [0.15, 0.2) is 0 Å². The summed E-state index contributed by atoms with van der Waals surface area (Å²) in [5.74, 6) is -0.731. The van der Waals surface area contributed by atoms with Crippen LogP contribution in [-0.4, -0.2) is 33.7 Å². The Kier molecular flexibility index (Phi) is 4.80. The van der Waals surface area contributed by atoms with Crippen molar-refractivity contribution in [3.63, 3.8) is 0 Å².